The maximum Gasteiger partial charge on any atom is 0.243 e. The molecule has 0 saturated carbocycles. The number of rotatable bonds is 4. The van der Waals surface area contributed by atoms with E-state index in [-0.39, 0.29) is 29.5 Å². The average Bonchev–Trinajstić information content (AvgIpc) is 2.28. The molecule has 1 rings (SSSR count). The molecule has 3 N–H and O–H groups in total. The van der Waals surface area contributed by atoms with E-state index in [0.29, 0.717) is 19.4 Å². The predicted molar refractivity (Wildman–Crippen MR) is 65.6 cm³/mol. The van der Waals surface area contributed by atoms with E-state index in [1.807, 2.05) is 0 Å². The molecule has 0 radical (unpaired) electrons. The third-order valence-corrected chi connectivity index (χ3v) is 2.85. The molecule has 96 valence electrons. The van der Waals surface area contributed by atoms with Gasteiger partial charge in [0, 0.05) is 31.7 Å². The normalized spacial score (nSPS) is 21.3. The first-order chi connectivity index (χ1) is 8.02. The lowest BCUT2D eigenvalue weighted by Gasteiger charge is -2.25. The molecular formula is C10H17N3O3S. The second kappa shape index (κ2) is 6.48. The minimum atomic E-state index is -0.631. The van der Waals surface area contributed by atoms with Gasteiger partial charge in [-0.05, 0) is 6.42 Å². The van der Waals surface area contributed by atoms with Crippen LogP contribution in [0.1, 0.15) is 19.8 Å². The summed E-state index contributed by atoms with van der Waals surface area (Å²) in [4.78, 5) is 33.6. The molecule has 6 nitrogen and oxygen atoms in total. The van der Waals surface area contributed by atoms with Gasteiger partial charge in [-0.2, -0.15) is 12.6 Å². The first-order valence-electron chi connectivity index (χ1n) is 5.48. The van der Waals surface area contributed by atoms with Gasteiger partial charge in [0.1, 0.15) is 6.04 Å². The summed E-state index contributed by atoms with van der Waals surface area (Å²) in [5.41, 5.74) is 0. The Hall–Kier alpha value is -1.24. The van der Waals surface area contributed by atoms with Crippen LogP contribution in [0.15, 0.2) is 0 Å². The second-order valence-electron chi connectivity index (χ2n) is 3.98. The Balaban J connectivity index is 2.41. The Labute approximate surface area is 105 Å². The monoisotopic (exact) mass is 259 g/mol. The molecule has 2 atom stereocenters. The van der Waals surface area contributed by atoms with Crippen LogP contribution in [0.25, 0.3) is 0 Å². The molecule has 1 aliphatic rings. The van der Waals surface area contributed by atoms with E-state index in [1.165, 1.54) is 6.92 Å². The van der Waals surface area contributed by atoms with E-state index >= 15 is 0 Å². The van der Waals surface area contributed by atoms with Crippen LogP contribution in [0.3, 0.4) is 0 Å². The average molecular weight is 259 g/mol. The zero-order valence-electron chi connectivity index (χ0n) is 9.66. The van der Waals surface area contributed by atoms with Crippen molar-refractivity contribution < 1.29 is 14.4 Å². The van der Waals surface area contributed by atoms with Gasteiger partial charge in [0.2, 0.25) is 17.7 Å². The van der Waals surface area contributed by atoms with Gasteiger partial charge < -0.3 is 16.0 Å². The highest BCUT2D eigenvalue weighted by Crippen LogP contribution is 2.03. The van der Waals surface area contributed by atoms with Crippen LogP contribution in [-0.4, -0.2) is 42.1 Å². The topological polar surface area (TPSA) is 87.3 Å². The van der Waals surface area contributed by atoms with Gasteiger partial charge in [0.25, 0.3) is 0 Å². The molecule has 7 heteroatoms. The summed E-state index contributed by atoms with van der Waals surface area (Å²) in [6.07, 6.45) is 1.04. The molecule has 0 spiro atoms. The zero-order valence-corrected chi connectivity index (χ0v) is 10.5. The lowest BCUT2D eigenvalue weighted by molar-refractivity contribution is -0.128. The summed E-state index contributed by atoms with van der Waals surface area (Å²) < 4.78 is 0. The standard InChI is InChI=1S/C10H17N3O3S/c1-6(14)12-8(5-17)10(16)13-7-2-3-9(15)11-4-7/h7-8,17H,2-5H2,1H3,(H,11,15)(H,12,14)(H,13,16). The molecule has 1 aliphatic heterocycles. The van der Waals surface area contributed by atoms with Gasteiger partial charge in [-0.1, -0.05) is 0 Å². The van der Waals surface area contributed by atoms with Crippen molar-refractivity contribution in [3.05, 3.63) is 0 Å². The number of nitrogens with one attached hydrogen (secondary N) is 3. The lowest BCUT2D eigenvalue weighted by Crippen LogP contribution is -2.54. The Morgan fingerprint density at radius 1 is 1.59 bits per heavy atom. The van der Waals surface area contributed by atoms with Crippen LogP contribution in [-0.2, 0) is 14.4 Å². The third kappa shape index (κ3) is 4.64. The van der Waals surface area contributed by atoms with Crippen LogP contribution in [0.2, 0.25) is 0 Å². The van der Waals surface area contributed by atoms with Crippen LogP contribution in [0, 0.1) is 0 Å². The Morgan fingerprint density at radius 2 is 2.29 bits per heavy atom. The molecule has 0 bridgehead atoms. The SMILES string of the molecule is CC(=O)NC(CS)C(=O)NC1CCC(=O)NC1. The number of carbonyl (C=O) groups is 3. The zero-order chi connectivity index (χ0) is 12.8. The van der Waals surface area contributed by atoms with E-state index in [1.54, 1.807) is 0 Å². The molecule has 0 aliphatic carbocycles. The highest BCUT2D eigenvalue weighted by molar-refractivity contribution is 7.80. The lowest BCUT2D eigenvalue weighted by atomic mass is 10.1. The van der Waals surface area contributed by atoms with Crippen molar-refractivity contribution >= 4 is 30.4 Å². The minimum Gasteiger partial charge on any atom is -0.354 e. The number of carbonyl (C=O) groups excluding carboxylic acids is 3. The van der Waals surface area contributed by atoms with Crippen molar-refractivity contribution in [1.29, 1.82) is 0 Å². The number of hydrogen-bond acceptors (Lipinski definition) is 4. The largest absolute Gasteiger partial charge is 0.354 e. The number of hydrogen-bond donors (Lipinski definition) is 4. The quantitative estimate of drug-likeness (QED) is 0.479. The highest BCUT2D eigenvalue weighted by atomic mass is 32.1. The fourth-order valence-electron chi connectivity index (χ4n) is 1.60. The number of amides is 3. The molecule has 0 aromatic heterocycles. The van der Waals surface area contributed by atoms with Crippen LogP contribution in [0.5, 0.6) is 0 Å². The van der Waals surface area contributed by atoms with E-state index in [9.17, 15) is 14.4 Å². The summed E-state index contributed by atoms with van der Waals surface area (Å²) in [5, 5.41) is 7.97. The third-order valence-electron chi connectivity index (χ3n) is 2.49. The van der Waals surface area contributed by atoms with Gasteiger partial charge >= 0.3 is 0 Å². The van der Waals surface area contributed by atoms with E-state index in [4.69, 9.17) is 0 Å². The van der Waals surface area contributed by atoms with Gasteiger partial charge in [-0.25, -0.2) is 0 Å². The van der Waals surface area contributed by atoms with Crippen LogP contribution < -0.4 is 16.0 Å². The molecular weight excluding hydrogens is 242 g/mol. The Bertz CT molecular complexity index is 312. The molecule has 0 aromatic rings. The van der Waals surface area contributed by atoms with Crippen molar-refractivity contribution in [3.8, 4) is 0 Å². The van der Waals surface area contributed by atoms with Crippen molar-refractivity contribution in [3.63, 3.8) is 0 Å². The molecule has 1 fully saturated rings. The Morgan fingerprint density at radius 3 is 2.76 bits per heavy atom. The van der Waals surface area contributed by atoms with E-state index in [0.717, 1.165) is 0 Å². The van der Waals surface area contributed by atoms with E-state index in [2.05, 4.69) is 28.6 Å². The smallest absolute Gasteiger partial charge is 0.243 e. The summed E-state index contributed by atoms with van der Waals surface area (Å²) in [6.45, 7) is 1.79. The second-order valence-corrected chi connectivity index (χ2v) is 4.35. The first-order valence-corrected chi connectivity index (χ1v) is 6.11. The minimum absolute atomic E-state index is 0.00288. The van der Waals surface area contributed by atoms with Crippen LogP contribution >= 0.6 is 12.6 Å². The fourth-order valence-corrected chi connectivity index (χ4v) is 1.85. The Kier molecular flexibility index (Phi) is 5.27. The molecule has 2 unspecified atom stereocenters. The van der Waals surface area contributed by atoms with Crippen molar-refractivity contribution in [2.75, 3.05) is 12.3 Å². The molecule has 1 saturated heterocycles. The van der Waals surface area contributed by atoms with Gasteiger partial charge in [-0.3, -0.25) is 14.4 Å². The number of thiol groups is 1. The van der Waals surface area contributed by atoms with Gasteiger partial charge in [0.05, 0.1) is 0 Å². The molecule has 0 aromatic carbocycles. The summed E-state index contributed by atoms with van der Waals surface area (Å²) in [7, 11) is 0. The van der Waals surface area contributed by atoms with Gasteiger partial charge in [0.15, 0.2) is 0 Å². The van der Waals surface area contributed by atoms with Crippen molar-refractivity contribution in [2.24, 2.45) is 0 Å². The van der Waals surface area contributed by atoms with Crippen molar-refractivity contribution in [2.45, 2.75) is 31.8 Å². The fraction of sp³-hybridized carbons (Fsp3) is 0.700. The first kappa shape index (κ1) is 13.8. The predicted octanol–water partition coefficient (Wildman–Crippen LogP) is -1.18. The summed E-state index contributed by atoms with van der Waals surface area (Å²) >= 11 is 4.02. The van der Waals surface area contributed by atoms with Gasteiger partial charge in [-0.15, -0.1) is 0 Å². The van der Waals surface area contributed by atoms with E-state index < -0.39 is 6.04 Å². The molecule has 1 heterocycles. The van der Waals surface area contributed by atoms with Crippen LogP contribution in [0.4, 0.5) is 0 Å². The maximum atomic E-state index is 11.8. The molecule has 17 heavy (non-hydrogen) atoms. The molecule has 3 amide bonds. The highest BCUT2D eigenvalue weighted by Gasteiger charge is 2.23. The summed E-state index contributed by atoms with van der Waals surface area (Å²) in [6, 6.07) is -0.704. The summed E-state index contributed by atoms with van der Waals surface area (Å²) in [5.74, 6) is -0.291. The number of piperidine rings is 1. The maximum absolute atomic E-state index is 11.8. The van der Waals surface area contributed by atoms with Crippen molar-refractivity contribution in [1.82, 2.24) is 16.0 Å².